The third kappa shape index (κ3) is 5.45. The minimum Gasteiger partial charge on any atom is -0.359 e. The third-order valence-corrected chi connectivity index (χ3v) is 7.76. The van der Waals surface area contributed by atoms with Crippen LogP contribution in [0.2, 0.25) is 0 Å². The second-order valence-corrected chi connectivity index (χ2v) is 9.73. The number of nitrogens with one attached hydrogen (secondary N) is 1. The molecule has 1 aliphatic carbocycles. The molecule has 0 aromatic heterocycles. The molecule has 2 aliphatic rings. The molecule has 1 atom stereocenters. The Labute approximate surface area is 184 Å². The van der Waals surface area contributed by atoms with Gasteiger partial charge in [-0.05, 0) is 61.1 Å². The van der Waals surface area contributed by atoms with E-state index in [1.807, 2.05) is 0 Å². The summed E-state index contributed by atoms with van der Waals surface area (Å²) in [6.45, 7) is 4.83. The number of carbonyl (C=O) groups is 3. The zero-order chi connectivity index (χ0) is 21.7. The Morgan fingerprint density at radius 2 is 1.63 bits per heavy atom. The van der Waals surface area contributed by atoms with Gasteiger partial charge in [0.05, 0.1) is 5.25 Å². The Bertz CT molecular complexity index is 764. The van der Waals surface area contributed by atoms with Crippen molar-refractivity contribution in [2.75, 3.05) is 13.6 Å². The van der Waals surface area contributed by atoms with E-state index in [0.717, 1.165) is 44.3 Å². The van der Waals surface area contributed by atoms with E-state index in [-0.39, 0.29) is 28.9 Å². The maximum atomic E-state index is 12.9. The maximum Gasteiger partial charge on any atom is 0.242 e. The van der Waals surface area contributed by atoms with Gasteiger partial charge in [-0.25, -0.2) is 0 Å². The molecule has 30 heavy (non-hydrogen) atoms. The summed E-state index contributed by atoms with van der Waals surface area (Å²) in [4.78, 5) is 38.7. The monoisotopic (exact) mass is 430 g/mol. The first-order chi connectivity index (χ1) is 14.4. The van der Waals surface area contributed by atoms with E-state index < -0.39 is 0 Å². The highest BCUT2D eigenvalue weighted by Gasteiger charge is 2.40. The summed E-state index contributed by atoms with van der Waals surface area (Å²) in [5.74, 6) is 1.19. The van der Waals surface area contributed by atoms with Crippen molar-refractivity contribution in [3.8, 4) is 0 Å². The van der Waals surface area contributed by atoms with Gasteiger partial charge in [-0.15, -0.1) is 11.8 Å². The molecule has 0 bridgehead atoms. The third-order valence-electron chi connectivity index (χ3n) is 6.49. The molecule has 1 aliphatic heterocycles. The zero-order valence-corrected chi connectivity index (χ0v) is 19.2. The van der Waals surface area contributed by atoms with Gasteiger partial charge in [-0.1, -0.05) is 32.0 Å². The van der Waals surface area contributed by atoms with E-state index in [2.05, 4.69) is 37.4 Å². The van der Waals surface area contributed by atoms with Crippen molar-refractivity contribution in [1.82, 2.24) is 10.2 Å². The van der Waals surface area contributed by atoms with E-state index >= 15 is 0 Å². The minimum absolute atomic E-state index is 0.0271. The fourth-order valence-electron chi connectivity index (χ4n) is 4.57. The summed E-state index contributed by atoms with van der Waals surface area (Å²) in [5.41, 5.74) is 3.89. The Morgan fingerprint density at radius 1 is 1.03 bits per heavy atom. The standard InChI is InChI=1S/C24H34N2O3S/c1-4-16-10-17(5-2)12-19(11-16)15-30-21-13-22(27)26(24(21)29)14-18-6-8-20(9-7-18)23(28)25-3/h10-12,18,20-21H,4-9,13-15H2,1-3H3,(H,25,28). The van der Waals surface area contributed by atoms with E-state index in [4.69, 9.17) is 0 Å². The lowest BCUT2D eigenvalue weighted by atomic mass is 9.81. The molecule has 1 aromatic carbocycles. The van der Waals surface area contributed by atoms with Crippen LogP contribution in [0.1, 0.15) is 62.6 Å². The van der Waals surface area contributed by atoms with Crippen LogP contribution in [0.25, 0.3) is 0 Å². The molecule has 3 amide bonds. The van der Waals surface area contributed by atoms with E-state index in [0.29, 0.717) is 18.9 Å². The molecule has 5 nitrogen and oxygen atoms in total. The number of hydrogen-bond acceptors (Lipinski definition) is 4. The largest absolute Gasteiger partial charge is 0.359 e. The summed E-state index contributed by atoms with van der Waals surface area (Å²) < 4.78 is 0. The van der Waals surface area contributed by atoms with Gasteiger partial charge in [-0.3, -0.25) is 19.3 Å². The van der Waals surface area contributed by atoms with Crippen LogP contribution in [0.3, 0.4) is 0 Å². The van der Waals surface area contributed by atoms with Gasteiger partial charge in [0.1, 0.15) is 0 Å². The number of imide groups is 1. The molecule has 0 radical (unpaired) electrons. The number of aryl methyl sites for hydroxylation is 2. The highest BCUT2D eigenvalue weighted by molar-refractivity contribution is 7.99. The van der Waals surface area contributed by atoms with E-state index in [9.17, 15) is 14.4 Å². The van der Waals surface area contributed by atoms with Crippen molar-refractivity contribution >= 4 is 29.5 Å². The molecule has 3 rings (SSSR count). The van der Waals surface area contributed by atoms with E-state index in [1.165, 1.54) is 21.6 Å². The summed E-state index contributed by atoms with van der Waals surface area (Å²) in [6.07, 6.45) is 5.79. The van der Waals surface area contributed by atoms with Crippen LogP contribution in [0.5, 0.6) is 0 Å². The number of hydrogen-bond donors (Lipinski definition) is 1. The van der Waals surface area contributed by atoms with Crippen molar-refractivity contribution in [3.05, 3.63) is 34.9 Å². The van der Waals surface area contributed by atoms with E-state index in [1.54, 1.807) is 18.8 Å². The Morgan fingerprint density at radius 3 is 2.20 bits per heavy atom. The molecule has 0 spiro atoms. The molecule has 1 aromatic rings. The quantitative estimate of drug-likeness (QED) is 0.638. The van der Waals surface area contributed by atoms with Crippen molar-refractivity contribution in [3.63, 3.8) is 0 Å². The predicted molar refractivity (Wildman–Crippen MR) is 121 cm³/mol. The first-order valence-corrected chi connectivity index (χ1v) is 12.3. The number of carbonyl (C=O) groups excluding carboxylic acids is 3. The zero-order valence-electron chi connectivity index (χ0n) is 18.4. The average Bonchev–Trinajstić information content (AvgIpc) is 3.04. The molecule has 1 saturated carbocycles. The fraction of sp³-hybridized carbons (Fsp3) is 0.625. The summed E-state index contributed by atoms with van der Waals surface area (Å²) in [7, 11) is 1.68. The van der Waals surface area contributed by atoms with Crippen LogP contribution in [0, 0.1) is 11.8 Å². The lowest BCUT2D eigenvalue weighted by Crippen LogP contribution is -2.38. The summed E-state index contributed by atoms with van der Waals surface area (Å²) >= 11 is 1.60. The highest BCUT2D eigenvalue weighted by Crippen LogP contribution is 2.33. The maximum absolute atomic E-state index is 12.9. The van der Waals surface area contributed by atoms with Crippen molar-refractivity contribution in [2.45, 2.75) is 69.8 Å². The highest BCUT2D eigenvalue weighted by atomic mass is 32.2. The SMILES string of the molecule is CCc1cc(CC)cc(CSC2CC(=O)N(CC3CCC(C(=O)NC)CC3)C2=O)c1. The Balaban J connectivity index is 1.53. The predicted octanol–water partition coefficient (Wildman–Crippen LogP) is 3.72. The molecule has 1 N–H and O–H groups in total. The minimum atomic E-state index is -0.268. The second-order valence-electron chi connectivity index (χ2n) is 8.54. The molecule has 1 unspecified atom stereocenters. The number of amides is 3. The van der Waals surface area contributed by atoms with Crippen molar-refractivity contribution in [2.24, 2.45) is 11.8 Å². The summed E-state index contributed by atoms with van der Waals surface area (Å²) in [5, 5.41) is 2.46. The van der Waals surface area contributed by atoms with Gasteiger partial charge in [0.15, 0.2) is 0 Å². The van der Waals surface area contributed by atoms with Crippen LogP contribution in [-0.2, 0) is 33.0 Å². The molecule has 1 saturated heterocycles. The van der Waals surface area contributed by atoms with Crippen LogP contribution >= 0.6 is 11.8 Å². The smallest absolute Gasteiger partial charge is 0.242 e. The van der Waals surface area contributed by atoms with Crippen molar-refractivity contribution < 1.29 is 14.4 Å². The molecule has 2 fully saturated rings. The normalized spacial score (nSPS) is 24.4. The van der Waals surface area contributed by atoms with Crippen LogP contribution in [0.15, 0.2) is 18.2 Å². The van der Waals surface area contributed by atoms with Gasteiger partial charge in [0.2, 0.25) is 17.7 Å². The first kappa shape index (κ1) is 22.9. The molecular weight excluding hydrogens is 396 g/mol. The lowest BCUT2D eigenvalue weighted by molar-refractivity contribution is -0.139. The van der Waals surface area contributed by atoms with Crippen LogP contribution in [0.4, 0.5) is 0 Å². The van der Waals surface area contributed by atoms with Gasteiger partial charge < -0.3 is 5.32 Å². The topological polar surface area (TPSA) is 66.5 Å². The molecule has 6 heteroatoms. The number of nitrogens with zero attached hydrogens (tertiary/aromatic N) is 1. The lowest BCUT2D eigenvalue weighted by Gasteiger charge is -2.29. The molecule has 1 heterocycles. The van der Waals surface area contributed by atoms with Crippen LogP contribution in [-0.4, -0.2) is 41.5 Å². The molecular formula is C24H34N2O3S. The van der Waals surface area contributed by atoms with Gasteiger partial charge >= 0.3 is 0 Å². The van der Waals surface area contributed by atoms with Crippen LogP contribution < -0.4 is 5.32 Å². The van der Waals surface area contributed by atoms with Crippen molar-refractivity contribution in [1.29, 1.82) is 0 Å². The van der Waals surface area contributed by atoms with Gasteiger partial charge in [0, 0.05) is 31.7 Å². The Kier molecular flexibility index (Phi) is 7.98. The number of thioether (sulfide) groups is 1. The summed E-state index contributed by atoms with van der Waals surface area (Å²) in [6, 6.07) is 6.69. The number of likely N-dealkylation sites (tertiary alicyclic amines) is 1. The molecule has 164 valence electrons. The van der Waals surface area contributed by atoms with Gasteiger partial charge in [-0.2, -0.15) is 0 Å². The second kappa shape index (κ2) is 10.5. The fourth-order valence-corrected chi connectivity index (χ4v) is 5.66. The van der Waals surface area contributed by atoms with Gasteiger partial charge in [0.25, 0.3) is 0 Å². The Hall–Kier alpha value is -1.82. The average molecular weight is 431 g/mol. The number of rotatable bonds is 8. The first-order valence-electron chi connectivity index (χ1n) is 11.2. The number of benzene rings is 1.